The largest absolute Gasteiger partial charge is 0.371 e. The van der Waals surface area contributed by atoms with Crippen molar-refractivity contribution in [2.45, 2.75) is 32.7 Å². The fraction of sp³-hybridized carbons (Fsp3) is 0.462. The van der Waals surface area contributed by atoms with Gasteiger partial charge >= 0.3 is 0 Å². The van der Waals surface area contributed by atoms with Gasteiger partial charge in [-0.3, -0.25) is 4.79 Å². The molecular weight excluding hydrogens is 257 g/mol. The van der Waals surface area contributed by atoms with Crippen molar-refractivity contribution in [1.29, 1.82) is 0 Å². The molecular formula is C13H17F3N2O. The molecule has 1 aromatic rings. The molecule has 0 aliphatic carbocycles. The Hall–Kier alpha value is -1.72. The third-order valence-corrected chi connectivity index (χ3v) is 2.63. The molecule has 0 aliphatic rings. The van der Waals surface area contributed by atoms with Crippen LogP contribution in [0, 0.1) is 17.5 Å². The van der Waals surface area contributed by atoms with Crippen LogP contribution >= 0.6 is 0 Å². The van der Waals surface area contributed by atoms with Crippen molar-refractivity contribution in [3.05, 3.63) is 29.6 Å². The molecule has 6 heteroatoms. The minimum absolute atomic E-state index is 0.239. The van der Waals surface area contributed by atoms with Gasteiger partial charge in [0.1, 0.15) is 6.04 Å². The Labute approximate surface area is 110 Å². The summed E-state index contributed by atoms with van der Waals surface area (Å²) in [7, 11) is 0. The monoisotopic (exact) mass is 274 g/mol. The van der Waals surface area contributed by atoms with Crippen LogP contribution in [0.15, 0.2) is 12.1 Å². The van der Waals surface area contributed by atoms with Crippen molar-refractivity contribution in [2.75, 3.05) is 11.9 Å². The van der Waals surface area contributed by atoms with Crippen LogP contribution in [0.2, 0.25) is 0 Å². The molecule has 0 aliphatic heterocycles. The van der Waals surface area contributed by atoms with Crippen LogP contribution in [0.5, 0.6) is 0 Å². The molecule has 0 radical (unpaired) electrons. The van der Waals surface area contributed by atoms with Gasteiger partial charge in [-0.15, -0.1) is 0 Å². The quantitative estimate of drug-likeness (QED) is 0.618. The van der Waals surface area contributed by atoms with Crippen LogP contribution in [-0.2, 0) is 4.79 Å². The van der Waals surface area contributed by atoms with Gasteiger partial charge in [-0.1, -0.05) is 13.3 Å². The van der Waals surface area contributed by atoms with Crippen LogP contribution < -0.4 is 10.6 Å². The summed E-state index contributed by atoms with van der Waals surface area (Å²) in [4.78, 5) is 11.6. The lowest BCUT2D eigenvalue weighted by Crippen LogP contribution is -2.38. The summed E-state index contributed by atoms with van der Waals surface area (Å²) in [5, 5.41) is 5.17. The molecule has 106 valence electrons. The van der Waals surface area contributed by atoms with E-state index < -0.39 is 23.5 Å². The van der Waals surface area contributed by atoms with E-state index in [4.69, 9.17) is 0 Å². The summed E-state index contributed by atoms with van der Waals surface area (Å²) < 4.78 is 39.1. The van der Waals surface area contributed by atoms with Crippen LogP contribution in [-0.4, -0.2) is 18.5 Å². The summed E-state index contributed by atoms with van der Waals surface area (Å²) in [6.45, 7) is 4.04. The number of unbranched alkanes of at least 4 members (excludes halogenated alkanes) is 1. The number of anilines is 1. The van der Waals surface area contributed by atoms with Gasteiger partial charge in [-0.05, 0) is 25.5 Å². The van der Waals surface area contributed by atoms with Crippen LogP contribution in [0.1, 0.15) is 26.7 Å². The molecule has 0 saturated heterocycles. The predicted molar refractivity (Wildman–Crippen MR) is 67.3 cm³/mol. The molecule has 1 rings (SSSR count). The summed E-state index contributed by atoms with van der Waals surface area (Å²) in [6, 6.07) is 1.13. The number of halogens is 3. The molecule has 1 aromatic carbocycles. The maximum absolute atomic E-state index is 13.4. The summed E-state index contributed by atoms with van der Waals surface area (Å²) in [5.74, 6) is -4.46. The molecule has 0 spiro atoms. The zero-order chi connectivity index (χ0) is 14.4. The second-order valence-corrected chi connectivity index (χ2v) is 4.23. The van der Waals surface area contributed by atoms with Crippen molar-refractivity contribution in [3.63, 3.8) is 0 Å². The van der Waals surface area contributed by atoms with Crippen LogP contribution in [0.4, 0.5) is 18.9 Å². The van der Waals surface area contributed by atoms with Crippen molar-refractivity contribution in [1.82, 2.24) is 5.32 Å². The number of carbonyl (C=O) groups excluding carboxylic acids is 1. The molecule has 0 bridgehead atoms. The standard InChI is InChI=1S/C13H17F3N2O/c1-3-4-7-17-13(19)8(2)18-10-6-5-9(14)11(15)12(10)16/h5-6,8,18H,3-4,7H2,1-2H3,(H,17,19). The van der Waals surface area contributed by atoms with E-state index in [2.05, 4.69) is 10.6 Å². The summed E-state index contributed by atoms with van der Waals surface area (Å²) in [6.07, 6.45) is 1.79. The van der Waals surface area contributed by atoms with E-state index >= 15 is 0 Å². The van der Waals surface area contributed by atoms with E-state index in [1.165, 1.54) is 6.92 Å². The molecule has 0 heterocycles. The number of amides is 1. The average Bonchev–Trinajstić information content (AvgIpc) is 2.39. The zero-order valence-electron chi connectivity index (χ0n) is 10.9. The van der Waals surface area contributed by atoms with Gasteiger partial charge in [0.15, 0.2) is 17.5 Å². The molecule has 1 atom stereocenters. The number of benzene rings is 1. The van der Waals surface area contributed by atoms with Crippen molar-refractivity contribution in [2.24, 2.45) is 0 Å². The first kappa shape index (κ1) is 15.3. The fourth-order valence-corrected chi connectivity index (χ4v) is 1.48. The Morgan fingerprint density at radius 2 is 1.95 bits per heavy atom. The van der Waals surface area contributed by atoms with Crippen LogP contribution in [0.3, 0.4) is 0 Å². The Morgan fingerprint density at radius 1 is 1.26 bits per heavy atom. The number of nitrogens with one attached hydrogen (secondary N) is 2. The summed E-state index contributed by atoms with van der Waals surface area (Å²) >= 11 is 0. The third kappa shape index (κ3) is 4.15. The van der Waals surface area contributed by atoms with Gasteiger partial charge < -0.3 is 10.6 Å². The second-order valence-electron chi connectivity index (χ2n) is 4.23. The van der Waals surface area contributed by atoms with E-state index in [1.54, 1.807) is 0 Å². The van der Waals surface area contributed by atoms with Gasteiger partial charge in [-0.2, -0.15) is 0 Å². The Morgan fingerprint density at radius 3 is 2.58 bits per heavy atom. The lowest BCUT2D eigenvalue weighted by molar-refractivity contribution is -0.121. The van der Waals surface area contributed by atoms with Crippen LogP contribution in [0.25, 0.3) is 0 Å². The first-order chi connectivity index (χ1) is 8.97. The first-order valence-corrected chi connectivity index (χ1v) is 6.15. The maximum Gasteiger partial charge on any atom is 0.242 e. The van der Waals surface area contributed by atoms with Crippen molar-refractivity contribution in [3.8, 4) is 0 Å². The number of carbonyl (C=O) groups is 1. The normalized spacial score (nSPS) is 12.1. The Kier molecular flexibility index (Phi) is 5.66. The highest BCUT2D eigenvalue weighted by Gasteiger charge is 2.17. The molecule has 0 aromatic heterocycles. The van der Waals surface area contributed by atoms with E-state index in [9.17, 15) is 18.0 Å². The van der Waals surface area contributed by atoms with E-state index in [1.807, 2.05) is 6.92 Å². The number of hydrogen-bond acceptors (Lipinski definition) is 2. The highest BCUT2D eigenvalue weighted by Crippen LogP contribution is 2.20. The molecule has 1 unspecified atom stereocenters. The molecule has 1 amide bonds. The van der Waals surface area contributed by atoms with E-state index in [-0.39, 0.29) is 11.6 Å². The second kappa shape index (κ2) is 7.01. The Bertz CT molecular complexity index is 452. The number of hydrogen-bond donors (Lipinski definition) is 2. The first-order valence-electron chi connectivity index (χ1n) is 6.15. The average molecular weight is 274 g/mol. The van der Waals surface area contributed by atoms with Gasteiger partial charge in [-0.25, -0.2) is 13.2 Å². The lowest BCUT2D eigenvalue weighted by Gasteiger charge is -2.16. The Balaban J connectivity index is 2.64. The molecule has 2 N–H and O–H groups in total. The third-order valence-electron chi connectivity index (χ3n) is 2.63. The highest BCUT2D eigenvalue weighted by molar-refractivity contribution is 5.84. The van der Waals surface area contributed by atoms with Gasteiger partial charge in [0.2, 0.25) is 5.91 Å². The fourth-order valence-electron chi connectivity index (χ4n) is 1.48. The molecule has 19 heavy (non-hydrogen) atoms. The lowest BCUT2D eigenvalue weighted by atomic mass is 10.2. The summed E-state index contributed by atoms with van der Waals surface area (Å²) in [5.41, 5.74) is -0.239. The van der Waals surface area contributed by atoms with Gasteiger partial charge in [0.05, 0.1) is 5.69 Å². The topological polar surface area (TPSA) is 41.1 Å². The molecule has 3 nitrogen and oxygen atoms in total. The zero-order valence-corrected chi connectivity index (χ0v) is 10.9. The SMILES string of the molecule is CCCCNC(=O)C(C)Nc1ccc(F)c(F)c1F. The van der Waals surface area contributed by atoms with Crippen molar-refractivity contribution >= 4 is 11.6 Å². The molecule has 0 saturated carbocycles. The van der Waals surface area contributed by atoms with Gasteiger partial charge in [0, 0.05) is 6.54 Å². The minimum atomic E-state index is -1.55. The highest BCUT2D eigenvalue weighted by atomic mass is 19.2. The minimum Gasteiger partial charge on any atom is -0.371 e. The van der Waals surface area contributed by atoms with Crippen molar-refractivity contribution < 1.29 is 18.0 Å². The maximum atomic E-state index is 13.4. The van der Waals surface area contributed by atoms with Gasteiger partial charge in [0.25, 0.3) is 0 Å². The number of rotatable bonds is 6. The predicted octanol–water partition coefficient (Wildman–Crippen LogP) is 2.82. The smallest absolute Gasteiger partial charge is 0.242 e. The van der Waals surface area contributed by atoms with E-state index in [0.717, 1.165) is 25.0 Å². The molecule has 0 fully saturated rings. The van der Waals surface area contributed by atoms with E-state index in [0.29, 0.717) is 6.54 Å².